The standard InChI is InChI=1S/C21H25NO7S/c1-30(26,27)17-9-7-16(8-10-17)28-12-14-11-18(21(25)20(14)24)22-19(23)13-29-15-5-3-2-4-6-15/h2-10,14,18,20-21,24-25H,11-13H2,1H3,(H,22,23). The van der Waals surface area contributed by atoms with Crippen LogP contribution in [0.15, 0.2) is 59.5 Å². The molecule has 3 N–H and O–H groups in total. The fourth-order valence-electron chi connectivity index (χ4n) is 3.33. The highest BCUT2D eigenvalue weighted by Crippen LogP contribution is 2.28. The highest BCUT2D eigenvalue weighted by molar-refractivity contribution is 7.90. The second-order valence-corrected chi connectivity index (χ2v) is 9.32. The van der Waals surface area contributed by atoms with Crippen molar-refractivity contribution in [1.29, 1.82) is 0 Å². The number of sulfone groups is 1. The Bertz CT molecular complexity index is 947. The van der Waals surface area contributed by atoms with Crippen molar-refractivity contribution in [3.05, 3.63) is 54.6 Å². The van der Waals surface area contributed by atoms with E-state index in [9.17, 15) is 23.4 Å². The normalized spacial score (nSPS) is 23.7. The van der Waals surface area contributed by atoms with Crippen LogP contribution in [0.4, 0.5) is 0 Å². The van der Waals surface area contributed by atoms with Crippen molar-refractivity contribution >= 4 is 15.7 Å². The first kappa shape index (κ1) is 22.1. The minimum absolute atomic E-state index is 0.114. The molecular weight excluding hydrogens is 410 g/mol. The van der Waals surface area contributed by atoms with Gasteiger partial charge in [-0.2, -0.15) is 0 Å². The summed E-state index contributed by atoms with van der Waals surface area (Å²) in [5, 5.41) is 23.2. The smallest absolute Gasteiger partial charge is 0.258 e. The number of hydrogen-bond acceptors (Lipinski definition) is 7. The average Bonchev–Trinajstić information content (AvgIpc) is 2.99. The molecule has 1 aliphatic carbocycles. The summed E-state index contributed by atoms with van der Waals surface area (Å²) in [5.41, 5.74) is 0. The lowest BCUT2D eigenvalue weighted by molar-refractivity contribution is -0.124. The molecule has 1 aliphatic rings. The number of para-hydroxylation sites is 1. The van der Waals surface area contributed by atoms with E-state index in [-0.39, 0.29) is 18.1 Å². The predicted octanol–water partition coefficient (Wildman–Crippen LogP) is 0.774. The molecule has 9 heteroatoms. The zero-order valence-electron chi connectivity index (χ0n) is 16.5. The van der Waals surface area contributed by atoms with Crippen LogP contribution in [0.25, 0.3) is 0 Å². The highest BCUT2D eigenvalue weighted by Gasteiger charge is 2.42. The zero-order chi connectivity index (χ0) is 21.7. The summed E-state index contributed by atoms with van der Waals surface area (Å²) < 4.78 is 34.0. The molecule has 0 heterocycles. The first-order valence-corrected chi connectivity index (χ1v) is 11.4. The number of ether oxygens (including phenoxy) is 2. The quantitative estimate of drug-likeness (QED) is 0.560. The maximum atomic E-state index is 12.1. The van der Waals surface area contributed by atoms with E-state index < -0.39 is 39.9 Å². The Balaban J connectivity index is 1.49. The summed E-state index contributed by atoms with van der Waals surface area (Å²) in [4.78, 5) is 12.3. The second-order valence-electron chi connectivity index (χ2n) is 7.31. The van der Waals surface area contributed by atoms with Gasteiger partial charge >= 0.3 is 0 Å². The molecular formula is C21H25NO7S. The Morgan fingerprint density at radius 2 is 1.63 bits per heavy atom. The lowest BCUT2D eigenvalue weighted by atomic mass is 10.1. The molecule has 1 saturated carbocycles. The fraction of sp³-hybridized carbons (Fsp3) is 0.381. The first-order valence-electron chi connectivity index (χ1n) is 9.50. The number of benzene rings is 2. The van der Waals surface area contributed by atoms with Gasteiger partial charge in [0.05, 0.1) is 23.6 Å². The van der Waals surface area contributed by atoms with Crippen molar-refractivity contribution in [1.82, 2.24) is 5.32 Å². The summed E-state index contributed by atoms with van der Waals surface area (Å²) in [7, 11) is -3.29. The van der Waals surface area contributed by atoms with Gasteiger partial charge in [-0.05, 0) is 42.8 Å². The molecule has 0 aliphatic heterocycles. The van der Waals surface area contributed by atoms with E-state index in [1.165, 1.54) is 24.3 Å². The van der Waals surface area contributed by atoms with Crippen LogP contribution in [0.5, 0.6) is 11.5 Å². The average molecular weight is 435 g/mol. The van der Waals surface area contributed by atoms with E-state index in [1.54, 1.807) is 24.3 Å². The van der Waals surface area contributed by atoms with Crippen LogP contribution < -0.4 is 14.8 Å². The molecule has 0 saturated heterocycles. The molecule has 1 amide bonds. The van der Waals surface area contributed by atoms with Crippen molar-refractivity contribution in [2.75, 3.05) is 19.5 Å². The Kier molecular flexibility index (Phi) is 6.96. The van der Waals surface area contributed by atoms with E-state index in [0.29, 0.717) is 17.9 Å². The molecule has 3 rings (SSSR count). The molecule has 0 spiro atoms. The number of carbonyl (C=O) groups is 1. The van der Waals surface area contributed by atoms with Gasteiger partial charge in [0.15, 0.2) is 16.4 Å². The molecule has 2 aromatic carbocycles. The molecule has 30 heavy (non-hydrogen) atoms. The van der Waals surface area contributed by atoms with Crippen LogP contribution in [0, 0.1) is 5.92 Å². The van der Waals surface area contributed by atoms with Crippen LogP contribution in [0.1, 0.15) is 6.42 Å². The topological polar surface area (TPSA) is 122 Å². The van der Waals surface area contributed by atoms with Crippen LogP contribution in [0.3, 0.4) is 0 Å². The third-order valence-corrected chi connectivity index (χ3v) is 6.11. The van der Waals surface area contributed by atoms with Crippen molar-refractivity contribution in [2.45, 2.75) is 29.6 Å². The maximum absolute atomic E-state index is 12.1. The van der Waals surface area contributed by atoms with Gasteiger partial charge in [-0.1, -0.05) is 18.2 Å². The first-order chi connectivity index (χ1) is 14.2. The van der Waals surface area contributed by atoms with Crippen LogP contribution in [-0.4, -0.2) is 62.3 Å². The Hall–Kier alpha value is -2.62. The third-order valence-electron chi connectivity index (χ3n) is 4.98. The number of carbonyl (C=O) groups excluding carboxylic acids is 1. The largest absolute Gasteiger partial charge is 0.493 e. The summed E-state index contributed by atoms with van der Waals surface area (Å²) in [6.07, 6.45) is -0.716. The van der Waals surface area contributed by atoms with Crippen LogP contribution in [-0.2, 0) is 14.6 Å². The number of aliphatic hydroxyl groups is 2. The van der Waals surface area contributed by atoms with Crippen molar-refractivity contribution < 1.29 is 32.9 Å². The summed E-state index contributed by atoms with van der Waals surface area (Å²) >= 11 is 0. The van der Waals surface area contributed by atoms with E-state index in [1.807, 2.05) is 6.07 Å². The van der Waals surface area contributed by atoms with Gasteiger partial charge in [0.25, 0.3) is 5.91 Å². The molecule has 1 fully saturated rings. The van der Waals surface area contributed by atoms with E-state index in [2.05, 4.69) is 5.32 Å². The van der Waals surface area contributed by atoms with E-state index in [0.717, 1.165) is 6.26 Å². The van der Waals surface area contributed by atoms with E-state index >= 15 is 0 Å². The third kappa shape index (κ3) is 5.71. The van der Waals surface area contributed by atoms with Crippen LogP contribution in [0.2, 0.25) is 0 Å². The van der Waals surface area contributed by atoms with Crippen molar-refractivity contribution in [3.63, 3.8) is 0 Å². The minimum Gasteiger partial charge on any atom is -0.493 e. The molecule has 0 bridgehead atoms. The molecule has 0 aromatic heterocycles. The summed E-state index contributed by atoms with van der Waals surface area (Å²) in [6.45, 7) is -0.0828. The van der Waals surface area contributed by atoms with Gasteiger partial charge in [0.2, 0.25) is 0 Å². The number of hydrogen-bond donors (Lipinski definition) is 3. The van der Waals surface area contributed by atoms with Gasteiger partial charge in [0, 0.05) is 12.2 Å². The second kappa shape index (κ2) is 9.46. The number of aliphatic hydroxyl groups excluding tert-OH is 2. The Labute approximate surface area is 175 Å². The van der Waals surface area contributed by atoms with Gasteiger partial charge < -0.3 is 25.0 Å². The van der Waals surface area contributed by atoms with Gasteiger partial charge in [-0.15, -0.1) is 0 Å². The molecule has 0 radical (unpaired) electrons. The fourth-order valence-corrected chi connectivity index (χ4v) is 3.96. The van der Waals surface area contributed by atoms with Gasteiger partial charge in [0.1, 0.15) is 17.6 Å². The van der Waals surface area contributed by atoms with Crippen molar-refractivity contribution in [3.8, 4) is 11.5 Å². The van der Waals surface area contributed by atoms with Crippen LogP contribution >= 0.6 is 0 Å². The maximum Gasteiger partial charge on any atom is 0.258 e. The number of amides is 1. The Morgan fingerprint density at radius 3 is 2.27 bits per heavy atom. The summed E-state index contributed by atoms with van der Waals surface area (Å²) in [5.74, 6) is 0.226. The number of nitrogens with one attached hydrogen (secondary N) is 1. The number of rotatable bonds is 8. The van der Waals surface area contributed by atoms with Gasteiger partial charge in [-0.3, -0.25) is 4.79 Å². The SMILES string of the molecule is CS(=O)(=O)c1ccc(OCC2CC(NC(=O)COc3ccccc3)C(O)C2O)cc1. The zero-order valence-corrected chi connectivity index (χ0v) is 17.3. The molecule has 8 nitrogen and oxygen atoms in total. The monoisotopic (exact) mass is 435 g/mol. The van der Waals surface area contributed by atoms with Gasteiger partial charge in [-0.25, -0.2) is 8.42 Å². The predicted molar refractivity (Wildman–Crippen MR) is 109 cm³/mol. The molecule has 2 aromatic rings. The molecule has 162 valence electrons. The lowest BCUT2D eigenvalue weighted by Gasteiger charge is -2.18. The lowest BCUT2D eigenvalue weighted by Crippen LogP contribution is -2.44. The molecule has 4 unspecified atom stereocenters. The minimum atomic E-state index is -3.29. The van der Waals surface area contributed by atoms with E-state index in [4.69, 9.17) is 9.47 Å². The molecule has 4 atom stereocenters. The summed E-state index contributed by atoms with van der Waals surface area (Å²) in [6, 6.07) is 14.2. The van der Waals surface area contributed by atoms with Crippen molar-refractivity contribution in [2.24, 2.45) is 5.92 Å². The highest BCUT2D eigenvalue weighted by atomic mass is 32.2. The Morgan fingerprint density at radius 1 is 1.00 bits per heavy atom.